The second-order valence-corrected chi connectivity index (χ2v) is 4.72. The molecule has 0 bridgehead atoms. The monoisotopic (exact) mass is 299 g/mol. The predicted molar refractivity (Wildman–Crippen MR) is 70.5 cm³/mol. The lowest BCUT2D eigenvalue weighted by atomic mass is 10.1. The van der Waals surface area contributed by atoms with Crippen LogP contribution in [0.4, 0.5) is 0 Å². The van der Waals surface area contributed by atoms with Gasteiger partial charge in [0.25, 0.3) is 0 Å². The van der Waals surface area contributed by atoms with Crippen molar-refractivity contribution in [3.05, 3.63) is 44.0 Å². The van der Waals surface area contributed by atoms with Gasteiger partial charge in [-0.2, -0.15) is 0 Å². The van der Waals surface area contributed by atoms with Crippen molar-refractivity contribution in [2.24, 2.45) is 5.92 Å². The first-order chi connectivity index (χ1) is 7.95. The summed E-state index contributed by atoms with van der Waals surface area (Å²) in [6.45, 7) is 3.59. The van der Waals surface area contributed by atoms with Crippen LogP contribution in [0.3, 0.4) is 0 Å². The molecular weight excluding hydrogens is 286 g/mol. The summed E-state index contributed by atoms with van der Waals surface area (Å²) in [7, 11) is 1.56. The Labute approximate surface area is 109 Å². The standard InChI is InChI=1S/C12H14BrNO3/c1-8(2)12(14(15)16)7-9-6-10(17-3)4-5-11(9)13/h4-8H,1-3H3/b12-7-. The number of nitro groups is 1. The highest BCUT2D eigenvalue weighted by Gasteiger charge is 2.16. The van der Waals surface area contributed by atoms with Crippen LogP contribution in [0.25, 0.3) is 6.08 Å². The molecular formula is C12H14BrNO3. The van der Waals surface area contributed by atoms with Crippen molar-refractivity contribution in [3.63, 3.8) is 0 Å². The van der Waals surface area contributed by atoms with Gasteiger partial charge in [0.05, 0.1) is 12.0 Å². The molecule has 0 aliphatic rings. The van der Waals surface area contributed by atoms with E-state index in [-0.39, 0.29) is 16.5 Å². The van der Waals surface area contributed by atoms with Gasteiger partial charge in [-0.3, -0.25) is 10.1 Å². The third-order valence-corrected chi connectivity index (χ3v) is 3.03. The van der Waals surface area contributed by atoms with Gasteiger partial charge in [0, 0.05) is 16.5 Å². The molecule has 0 aliphatic heterocycles. The maximum absolute atomic E-state index is 10.9. The average Bonchev–Trinajstić information content (AvgIpc) is 2.27. The van der Waals surface area contributed by atoms with Gasteiger partial charge >= 0.3 is 0 Å². The van der Waals surface area contributed by atoms with E-state index in [0.29, 0.717) is 5.75 Å². The van der Waals surface area contributed by atoms with Gasteiger partial charge in [0.1, 0.15) is 5.75 Å². The third kappa shape index (κ3) is 3.56. The minimum atomic E-state index is -0.351. The molecule has 1 aromatic rings. The lowest BCUT2D eigenvalue weighted by Crippen LogP contribution is -2.05. The van der Waals surface area contributed by atoms with Crippen molar-refractivity contribution in [2.75, 3.05) is 7.11 Å². The fraction of sp³-hybridized carbons (Fsp3) is 0.333. The van der Waals surface area contributed by atoms with Crippen molar-refractivity contribution in [1.29, 1.82) is 0 Å². The van der Waals surface area contributed by atoms with E-state index in [1.165, 1.54) is 0 Å². The Morgan fingerprint density at radius 1 is 1.53 bits per heavy atom. The van der Waals surface area contributed by atoms with Gasteiger partial charge in [-0.15, -0.1) is 0 Å². The number of nitrogens with zero attached hydrogens (tertiary/aromatic N) is 1. The molecule has 17 heavy (non-hydrogen) atoms. The molecule has 0 aromatic heterocycles. The van der Waals surface area contributed by atoms with Crippen LogP contribution in [0.15, 0.2) is 28.4 Å². The van der Waals surface area contributed by atoms with E-state index < -0.39 is 0 Å². The molecule has 0 unspecified atom stereocenters. The SMILES string of the molecule is COc1ccc(Br)c(/C=C(/C(C)C)[N+](=O)[O-])c1. The van der Waals surface area contributed by atoms with Crippen LogP contribution < -0.4 is 4.74 Å². The van der Waals surface area contributed by atoms with Crippen molar-refractivity contribution >= 4 is 22.0 Å². The average molecular weight is 300 g/mol. The highest BCUT2D eigenvalue weighted by molar-refractivity contribution is 9.10. The summed E-state index contributed by atoms with van der Waals surface area (Å²) in [5.74, 6) is 0.536. The van der Waals surface area contributed by atoms with E-state index in [4.69, 9.17) is 4.74 Å². The smallest absolute Gasteiger partial charge is 0.249 e. The molecule has 0 aliphatic carbocycles. The molecule has 0 saturated carbocycles. The molecule has 5 heteroatoms. The highest BCUT2D eigenvalue weighted by Crippen LogP contribution is 2.26. The third-order valence-electron chi connectivity index (χ3n) is 2.31. The van der Waals surface area contributed by atoms with Crippen LogP contribution in [0.1, 0.15) is 19.4 Å². The Hall–Kier alpha value is -1.36. The molecule has 0 N–H and O–H groups in total. The zero-order valence-corrected chi connectivity index (χ0v) is 11.5. The maximum Gasteiger partial charge on any atom is 0.249 e. The highest BCUT2D eigenvalue weighted by atomic mass is 79.9. The number of hydrogen-bond acceptors (Lipinski definition) is 3. The lowest BCUT2D eigenvalue weighted by Gasteiger charge is -2.05. The van der Waals surface area contributed by atoms with Crippen molar-refractivity contribution in [1.82, 2.24) is 0 Å². The van der Waals surface area contributed by atoms with E-state index >= 15 is 0 Å². The lowest BCUT2D eigenvalue weighted by molar-refractivity contribution is -0.431. The van der Waals surface area contributed by atoms with E-state index in [1.807, 2.05) is 6.07 Å². The first-order valence-electron chi connectivity index (χ1n) is 5.15. The minimum Gasteiger partial charge on any atom is -0.497 e. The Morgan fingerprint density at radius 2 is 2.18 bits per heavy atom. The van der Waals surface area contributed by atoms with E-state index in [9.17, 15) is 10.1 Å². The second kappa shape index (κ2) is 5.82. The molecule has 0 spiro atoms. The molecule has 0 amide bonds. The molecule has 0 heterocycles. The van der Waals surface area contributed by atoms with Gasteiger partial charge in [0.15, 0.2) is 0 Å². The molecule has 0 fully saturated rings. The fourth-order valence-corrected chi connectivity index (χ4v) is 1.71. The molecule has 0 radical (unpaired) electrons. The minimum absolute atomic E-state index is 0.136. The van der Waals surface area contributed by atoms with Crippen molar-refractivity contribution in [2.45, 2.75) is 13.8 Å². The summed E-state index contributed by atoms with van der Waals surface area (Å²) in [4.78, 5) is 10.6. The fourth-order valence-electron chi connectivity index (χ4n) is 1.35. The number of allylic oxidation sites excluding steroid dienone is 1. The van der Waals surface area contributed by atoms with E-state index in [2.05, 4.69) is 15.9 Å². The quantitative estimate of drug-likeness (QED) is 0.629. The van der Waals surface area contributed by atoms with Crippen LogP contribution in [0.2, 0.25) is 0 Å². The Balaban J connectivity index is 3.23. The predicted octanol–water partition coefficient (Wildman–Crippen LogP) is 3.73. The number of benzene rings is 1. The van der Waals surface area contributed by atoms with Gasteiger partial charge in [-0.25, -0.2) is 0 Å². The first kappa shape index (κ1) is 13.7. The normalized spacial score (nSPS) is 11.7. The number of halogens is 1. The molecule has 0 saturated heterocycles. The molecule has 0 atom stereocenters. The summed E-state index contributed by atoms with van der Waals surface area (Å²) >= 11 is 3.36. The zero-order chi connectivity index (χ0) is 13.0. The molecule has 92 valence electrons. The number of ether oxygens (including phenoxy) is 1. The van der Waals surface area contributed by atoms with Gasteiger partial charge < -0.3 is 4.74 Å². The van der Waals surface area contributed by atoms with Crippen molar-refractivity contribution in [3.8, 4) is 5.75 Å². The van der Waals surface area contributed by atoms with Crippen LogP contribution in [0, 0.1) is 16.0 Å². The van der Waals surface area contributed by atoms with Gasteiger partial charge in [0.2, 0.25) is 5.70 Å². The topological polar surface area (TPSA) is 52.4 Å². The summed E-state index contributed by atoms with van der Waals surface area (Å²) < 4.78 is 5.90. The summed E-state index contributed by atoms with van der Waals surface area (Å²) in [6, 6.07) is 5.36. The molecule has 1 rings (SSSR count). The van der Waals surface area contributed by atoms with Crippen LogP contribution >= 0.6 is 15.9 Å². The van der Waals surface area contributed by atoms with Gasteiger partial charge in [-0.1, -0.05) is 29.8 Å². The number of methoxy groups -OCH3 is 1. The summed E-state index contributed by atoms with van der Waals surface area (Å²) in [6.07, 6.45) is 1.57. The Kier molecular flexibility index (Phi) is 4.69. The second-order valence-electron chi connectivity index (χ2n) is 3.87. The van der Waals surface area contributed by atoms with E-state index in [1.54, 1.807) is 39.2 Å². The van der Waals surface area contributed by atoms with E-state index in [0.717, 1.165) is 10.0 Å². The zero-order valence-electron chi connectivity index (χ0n) is 9.94. The van der Waals surface area contributed by atoms with Crippen LogP contribution in [-0.4, -0.2) is 12.0 Å². The number of rotatable bonds is 4. The Bertz CT molecular complexity index is 455. The van der Waals surface area contributed by atoms with Crippen molar-refractivity contribution < 1.29 is 9.66 Å². The number of hydrogen-bond donors (Lipinski definition) is 0. The maximum atomic E-state index is 10.9. The van der Waals surface area contributed by atoms with Crippen LogP contribution in [-0.2, 0) is 0 Å². The summed E-state index contributed by atoms with van der Waals surface area (Å²) in [5, 5.41) is 10.9. The van der Waals surface area contributed by atoms with Crippen LogP contribution in [0.5, 0.6) is 5.75 Å². The largest absolute Gasteiger partial charge is 0.497 e. The Morgan fingerprint density at radius 3 is 2.65 bits per heavy atom. The first-order valence-corrected chi connectivity index (χ1v) is 5.94. The molecule has 4 nitrogen and oxygen atoms in total. The summed E-state index contributed by atoms with van der Waals surface area (Å²) in [5.41, 5.74) is 0.920. The van der Waals surface area contributed by atoms with Gasteiger partial charge in [-0.05, 0) is 23.8 Å². The molecule has 1 aromatic carbocycles.